The van der Waals surface area contributed by atoms with E-state index in [0.717, 1.165) is 21.2 Å². The molecule has 2 aromatic carbocycles. The van der Waals surface area contributed by atoms with Crippen LogP contribution in [-0.4, -0.2) is 24.5 Å². The summed E-state index contributed by atoms with van der Waals surface area (Å²) in [7, 11) is 0. The lowest BCUT2D eigenvalue weighted by atomic mass is 10.1. The number of hydrazine groups is 1. The predicted octanol–water partition coefficient (Wildman–Crippen LogP) is 3.37. The fourth-order valence-corrected chi connectivity index (χ4v) is 3.05. The van der Waals surface area contributed by atoms with Crippen molar-refractivity contribution < 1.29 is 19.1 Å². The molecule has 2 aromatic rings. The Morgan fingerprint density at radius 2 is 1.63 bits per heavy atom. The number of rotatable bonds is 6. The van der Waals surface area contributed by atoms with Gasteiger partial charge in [-0.2, -0.15) is 0 Å². The van der Waals surface area contributed by atoms with Gasteiger partial charge in [0, 0.05) is 4.47 Å². The smallest absolute Gasteiger partial charge is 0.279 e. The molecule has 2 rings (SSSR count). The monoisotopic (exact) mass is 434 g/mol. The summed E-state index contributed by atoms with van der Waals surface area (Å²) in [6.45, 7) is 7.19. The fraction of sp³-hybridized carbons (Fsp3) is 0.300. The Hall–Kier alpha value is -2.54. The summed E-state index contributed by atoms with van der Waals surface area (Å²) in [5.41, 5.74) is 7.59. The molecular formula is C20H23BrN2O4. The second-order valence-corrected chi connectivity index (χ2v) is 7.18. The van der Waals surface area contributed by atoms with E-state index in [4.69, 9.17) is 9.47 Å². The Balaban J connectivity index is 1.80. The first-order chi connectivity index (χ1) is 12.8. The van der Waals surface area contributed by atoms with Crippen molar-refractivity contribution in [1.29, 1.82) is 0 Å². The molecule has 2 amide bonds. The van der Waals surface area contributed by atoms with Gasteiger partial charge in [-0.05, 0) is 63.1 Å². The van der Waals surface area contributed by atoms with E-state index in [1.54, 1.807) is 19.1 Å². The maximum atomic E-state index is 12.2. The van der Waals surface area contributed by atoms with Crippen LogP contribution >= 0.6 is 15.9 Å². The third-order valence-electron chi connectivity index (χ3n) is 3.80. The normalized spacial score (nSPS) is 11.4. The second kappa shape index (κ2) is 9.41. The van der Waals surface area contributed by atoms with Crippen LogP contribution < -0.4 is 20.3 Å². The third kappa shape index (κ3) is 6.29. The Labute approximate surface area is 167 Å². The summed E-state index contributed by atoms with van der Waals surface area (Å²) in [5, 5.41) is 0. The number of amides is 2. The highest BCUT2D eigenvalue weighted by Gasteiger charge is 2.18. The van der Waals surface area contributed by atoms with Crippen LogP contribution in [0.5, 0.6) is 11.5 Å². The average molecular weight is 435 g/mol. The molecule has 0 saturated carbocycles. The molecule has 0 bridgehead atoms. The van der Waals surface area contributed by atoms with Crippen LogP contribution in [0.1, 0.15) is 23.6 Å². The first-order valence-corrected chi connectivity index (χ1v) is 9.27. The van der Waals surface area contributed by atoms with Crippen LogP contribution in [0.2, 0.25) is 0 Å². The quantitative estimate of drug-likeness (QED) is 0.683. The molecular weight excluding hydrogens is 412 g/mol. The van der Waals surface area contributed by atoms with Crippen LogP contribution in [0.15, 0.2) is 40.9 Å². The van der Waals surface area contributed by atoms with Gasteiger partial charge in [0.05, 0.1) is 0 Å². The topological polar surface area (TPSA) is 76.7 Å². The van der Waals surface area contributed by atoms with E-state index in [2.05, 4.69) is 26.8 Å². The van der Waals surface area contributed by atoms with Crippen LogP contribution in [-0.2, 0) is 9.59 Å². The van der Waals surface area contributed by atoms with Gasteiger partial charge in [0.1, 0.15) is 11.5 Å². The van der Waals surface area contributed by atoms with Crippen LogP contribution in [0, 0.1) is 20.8 Å². The lowest BCUT2D eigenvalue weighted by Crippen LogP contribution is -2.48. The number of hydrogen-bond donors (Lipinski definition) is 2. The minimum atomic E-state index is -0.776. The molecule has 0 aromatic heterocycles. The molecule has 0 fully saturated rings. The zero-order valence-electron chi connectivity index (χ0n) is 15.8. The van der Waals surface area contributed by atoms with Crippen molar-refractivity contribution in [1.82, 2.24) is 10.9 Å². The Bertz CT molecular complexity index is 798. The van der Waals surface area contributed by atoms with E-state index in [1.807, 2.05) is 45.0 Å². The number of ether oxygens (including phenoxy) is 2. The van der Waals surface area contributed by atoms with Gasteiger partial charge in [-0.3, -0.25) is 20.4 Å². The first-order valence-electron chi connectivity index (χ1n) is 8.48. The molecule has 27 heavy (non-hydrogen) atoms. The summed E-state index contributed by atoms with van der Waals surface area (Å²) in [4.78, 5) is 24.0. The molecule has 144 valence electrons. The van der Waals surface area contributed by atoms with Crippen LogP contribution in [0.3, 0.4) is 0 Å². The third-order valence-corrected chi connectivity index (χ3v) is 4.26. The summed E-state index contributed by atoms with van der Waals surface area (Å²) < 4.78 is 12.1. The van der Waals surface area contributed by atoms with Gasteiger partial charge in [0.25, 0.3) is 11.8 Å². The van der Waals surface area contributed by atoms with Crippen molar-refractivity contribution in [3.8, 4) is 11.5 Å². The summed E-state index contributed by atoms with van der Waals surface area (Å²) in [5.74, 6) is 0.308. The van der Waals surface area contributed by atoms with Gasteiger partial charge in [-0.1, -0.05) is 33.6 Å². The maximum Gasteiger partial charge on any atom is 0.279 e. The van der Waals surface area contributed by atoms with Gasteiger partial charge in [0.2, 0.25) is 0 Å². The maximum absolute atomic E-state index is 12.2. The summed E-state index contributed by atoms with van der Waals surface area (Å²) in [6.07, 6.45) is -0.776. The zero-order chi connectivity index (χ0) is 20.0. The minimum Gasteiger partial charge on any atom is -0.484 e. The SMILES string of the molecule is Cc1ccc(OCC(=O)NNC(=O)C(C)Oc2c(C)cc(Br)cc2C)cc1. The second-order valence-electron chi connectivity index (χ2n) is 6.27. The number of benzene rings is 2. The van der Waals surface area contributed by atoms with E-state index >= 15 is 0 Å². The molecule has 0 spiro atoms. The van der Waals surface area contributed by atoms with E-state index in [1.165, 1.54) is 0 Å². The van der Waals surface area contributed by atoms with Crippen molar-refractivity contribution in [2.24, 2.45) is 0 Å². The van der Waals surface area contributed by atoms with E-state index < -0.39 is 17.9 Å². The molecule has 1 unspecified atom stereocenters. The number of nitrogens with one attached hydrogen (secondary N) is 2. The van der Waals surface area contributed by atoms with E-state index in [0.29, 0.717) is 11.5 Å². The highest BCUT2D eigenvalue weighted by Crippen LogP contribution is 2.28. The standard InChI is InChI=1S/C20H23BrN2O4/c1-12-5-7-17(8-6-12)26-11-18(24)22-23-20(25)15(4)27-19-13(2)9-16(21)10-14(19)3/h5-10,15H,11H2,1-4H3,(H,22,24)(H,23,25). The van der Waals surface area contributed by atoms with Crippen LogP contribution in [0.4, 0.5) is 0 Å². The highest BCUT2D eigenvalue weighted by atomic mass is 79.9. The van der Waals surface area contributed by atoms with Gasteiger partial charge >= 0.3 is 0 Å². The van der Waals surface area contributed by atoms with Crippen molar-refractivity contribution in [3.05, 3.63) is 57.6 Å². The Morgan fingerprint density at radius 3 is 2.22 bits per heavy atom. The summed E-state index contributed by atoms with van der Waals surface area (Å²) in [6, 6.07) is 11.2. The zero-order valence-corrected chi connectivity index (χ0v) is 17.3. The molecule has 1 atom stereocenters. The Morgan fingerprint density at radius 1 is 1.04 bits per heavy atom. The molecule has 6 nitrogen and oxygen atoms in total. The van der Waals surface area contributed by atoms with Gasteiger partial charge in [-0.15, -0.1) is 0 Å². The van der Waals surface area contributed by atoms with Gasteiger partial charge in [0.15, 0.2) is 12.7 Å². The molecule has 0 aliphatic rings. The first kappa shape index (κ1) is 20.8. The largest absolute Gasteiger partial charge is 0.484 e. The lowest BCUT2D eigenvalue weighted by molar-refractivity contribution is -0.133. The van der Waals surface area contributed by atoms with Gasteiger partial charge < -0.3 is 9.47 Å². The average Bonchev–Trinajstić information content (AvgIpc) is 2.61. The molecule has 0 aliphatic carbocycles. The fourth-order valence-electron chi connectivity index (χ4n) is 2.37. The van der Waals surface area contributed by atoms with Crippen molar-refractivity contribution in [3.63, 3.8) is 0 Å². The van der Waals surface area contributed by atoms with Crippen molar-refractivity contribution in [2.45, 2.75) is 33.8 Å². The number of carbonyl (C=O) groups excluding carboxylic acids is 2. The van der Waals surface area contributed by atoms with Gasteiger partial charge in [-0.25, -0.2) is 0 Å². The molecule has 0 heterocycles. The molecule has 0 aliphatic heterocycles. The molecule has 2 N–H and O–H groups in total. The predicted molar refractivity (Wildman–Crippen MR) is 107 cm³/mol. The highest BCUT2D eigenvalue weighted by molar-refractivity contribution is 9.10. The van der Waals surface area contributed by atoms with E-state index in [9.17, 15) is 9.59 Å². The number of halogens is 1. The minimum absolute atomic E-state index is 0.205. The number of aryl methyl sites for hydroxylation is 3. The molecule has 7 heteroatoms. The number of hydrogen-bond acceptors (Lipinski definition) is 4. The molecule has 0 saturated heterocycles. The van der Waals surface area contributed by atoms with E-state index in [-0.39, 0.29) is 6.61 Å². The van der Waals surface area contributed by atoms with Crippen LogP contribution in [0.25, 0.3) is 0 Å². The van der Waals surface area contributed by atoms with Crippen molar-refractivity contribution in [2.75, 3.05) is 6.61 Å². The Kier molecular flexibility index (Phi) is 7.24. The summed E-state index contributed by atoms with van der Waals surface area (Å²) >= 11 is 3.42. The molecule has 0 radical (unpaired) electrons. The van der Waals surface area contributed by atoms with Crippen molar-refractivity contribution >= 4 is 27.7 Å². The number of carbonyl (C=O) groups is 2. The lowest BCUT2D eigenvalue weighted by Gasteiger charge is -2.18.